The molecule has 0 radical (unpaired) electrons. The van der Waals surface area contributed by atoms with Crippen LogP contribution in [-0.4, -0.2) is 28.4 Å². The van der Waals surface area contributed by atoms with Crippen molar-refractivity contribution in [2.75, 3.05) is 11.9 Å². The summed E-state index contributed by atoms with van der Waals surface area (Å²) < 4.78 is 5.14. The molecule has 1 heterocycles. The van der Waals surface area contributed by atoms with Crippen LogP contribution in [0.4, 0.5) is 5.69 Å². The minimum absolute atomic E-state index is 0.197. The fourth-order valence-corrected chi connectivity index (χ4v) is 1.92. The number of amides is 2. The Hall–Kier alpha value is -2.93. The molecule has 0 fully saturated rings. The lowest BCUT2D eigenvalue weighted by molar-refractivity contribution is -0.111. The fraction of sp³-hybridized carbons (Fsp3) is 0.188. The van der Waals surface area contributed by atoms with Gasteiger partial charge >= 0.3 is 0 Å². The van der Waals surface area contributed by atoms with Crippen LogP contribution in [0.1, 0.15) is 21.8 Å². The molecule has 1 aromatic carbocycles. The van der Waals surface area contributed by atoms with Crippen molar-refractivity contribution < 1.29 is 19.1 Å². The Morgan fingerprint density at radius 2 is 2.04 bits per heavy atom. The Bertz CT molecular complexity index is 692. The number of hydrogen-bond donors (Lipinski definition) is 3. The van der Waals surface area contributed by atoms with Gasteiger partial charge in [0, 0.05) is 24.2 Å². The molecular weight excluding hydrogens is 298 g/mol. The summed E-state index contributed by atoms with van der Waals surface area (Å²) in [4.78, 5) is 27.0. The van der Waals surface area contributed by atoms with Crippen molar-refractivity contribution in [3.8, 4) is 0 Å². The van der Waals surface area contributed by atoms with Crippen LogP contribution in [0.2, 0.25) is 0 Å². The largest absolute Gasteiger partial charge is 0.448 e. The Balaban J connectivity index is 1.86. The van der Waals surface area contributed by atoms with Crippen LogP contribution in [0.15, 0.2) is 47.7 Å². The lowest BCUT2D eigenvalue weighted by Crippen LogP contribution is -2.25. The topological polar surface area (TPSA) is 104 Å². The zero-order valence-corrected chi connectivity index (χ0v) is 12.4. The van der Waals surface area contributed by atoms with E-state index in [0.717, 1.165) is 0 Å². The highest BCUT2D eigenvalue weighted by atomic mass is 16.3. The quantitative estimate of drug-likeness (QED) is 0.667. The van der Waals surface area contributed by atoms with E-state index >= 15 is 0 Å². The Labute approximate surface area is 133 Å². The summed E-state index contributed by atoms with van der Waals surface area (Å²) in [7, 11) is 0. The summed E-state index contributed by atoms with van der Waals surface area (Å²) in [6, 6.07) is 6.50. The Morgan fingerprint density at radius 1 is 1.30 bits per heavy atom. The lowest BCUT2D eigenvalue weighted by Gasteiger charge is -2.06. The van der Waals surface area contributed by atoms with E-state index in [4.69, 9.17) is 9.52 Å². The first-order valence-corrected chi connectivity index (χ1v) is 6.98. The van der Waals surface area contributed by atoms with Gasteiger partial charge in [0.25, 0.3) is 5.91 Å². The number of hydrogen-bond acceptors (Lipinski definition) is 5. The van der Waals surface area contributed by atoms with Crippen molar-refractivity contribution in [3.05, 3.63) is 60.3 Å². The molecule has 0 aliphatic rings. The van der Waals surface area contributed by atoms with Crippen LogP contribution in [-0.2, 0) is 17.8 Å². The molecule has 0 bridgehead atoms. The number of aromatic nitrogens is 1. The van der Waals surface area contributed by atoms with Gasteiger partial charge in [0.2, 0.25) is 5.91 Å². The van der Waals surface area contributed by atoms with Crippen LogP contribution in [0.3, 0.4) is 0 Å². The van der Waals surface area contributed by atoms with Crippen LogP contribution < -0.4 is 10.6 Å². The second-order valence-corrected chi connectivity index (χ2v) is 4.66. The number of carbonyl (C=O) groups excluding carboxylic acids is 2. The maximum Gasteiger partial charge on any atom is 0.251 e. The van der Waals surface area contributed by atoms with Gasteiger partial charge in [-0.2, -0.15) is 0 Å². The predicted octanol–water partition coefficient (Wildman–Crippen LogP) is 1.26. The molecule has 3 N–H and O–H groups in total. The van der Waals surface area contributed by atoms with E-state index < -0.39 is 0 Å². The molecule has 0 spiro atoms. The number of aliphatic hydroxyl groups is 1. The third-order valence-electron chi connectivity index (χ3n) is 3.11. The molecule has 0 unspecified atom stereocenters. The molecule has 2 rings (SSSR count). The van der Waals surface area contributed by atoms with Gasteiger partial charge in [-0.1, -0.05) is 6.58 Å². The number of nitrogens with one attached hydrogen (secondary N) is 2. The van der Waals surface area contributed by atoms with Gasteiger partial charge in [0.15, 0.2) is 6.39 Å². The second-order valence-electron chi connectivity index (χ2n) is 4.66. The fourth-order valence-electron chi connectivity index (χ4n) is 1.92. The minimum atomic E-state index is -0.311. The summed E-state index contributed by atoms with van der Waals surface area (Å²) in [5.74, 6) is 0.000827. The van der Waals surface area contributed by atoms with Gasteiger partial charge in [-0.05, 0) is 30.3 Å². The second kappa shape index (κ2) is 7.90. The van der Waals surface area contributed by atoms with Crippen LogP contribution >= 0.6 is 0 Å². The van der Waals surface area contributed by atoms with Crippen molar-refractivity contribution in [1.29, 1.82) is 0 Å². The molecule has 0 aliphatic carbocycles. The molecule has 120 valence electrons. The monoisotopic (exact) mass is 315 g/mol. The van der Waals surface area contributed by atoms with Gasteiger partial charge in [-0.3, -0.25) is 9.59 Å². The molecule has 2 aromatic rings. The molecule has 7 nitrogen and oxygen atoms in total. The van der Waals surface area contributed by atoms with Crippen LogP contribution in [0.5, 0.6) is 0 Å². The number of anilines is 1. The summed E-state index contributed by atoms with van der Waals surface area (Å²) in [6.45, 7) is 3.53. The molecule has 0 saturated carbocycles. The van der Waals surface area contributed by atoms with Gasteiger partial charge < -0.3 is 20.2 Å². The molecule has 23 heavy (non-hydrogen) atoms. The number of oxazole rings is 1. The van der Waals surface area contributed by atoms with E-state index in [1.165, 1.54) is 12.5 Å². The van der Waals surface area contributed by atoms with Gasteiger partial charge in [-0.25, -0.2) is 4.98 Å². The zero-order chi connectivity index (χ0) is 16.7. The number of benzene rings is 1. The normalized spacial score (nSPS) is 10.1. The molecule has 2 amide bonds. The van der Waals surface area contributed by atoms with Crippen molar-refractivity contribution in [2.45, 2.75) is 13.0 Å². The van der Waals surface area contributed by atoms with Gasteiger partial charge in [0.1, 0.15) is 11.5 Å². The molecule has 1 aromatic heterocycles. The van der Waals surface area contributed by atoms with Gasteiger partial charge in [-0.15, -0.1) is 0 Å². The van der Waals surface area contributed by atoms with Crippen molar-refractivity contribution in [2.24, 2.45) is 0 Å². The summed E-state index contributed by atoms with van der Waals surface area (Å²) in [5.41, 5.74) is 1.53. The SMILES string of the molecule is C=CC(=O)Nc1ccc(C(=O)NCCc2ocnc2CO)cc1. The summed E-state index contributed by atoms with van der Waals surface area (Å²) in [6.07, 6.45) is 2.87. The number of carbonyl (C=O) groups is 2. The Morgan fingerprint density at radius 3 is 2.70 bits per heavy atom. The van der Waals surface area contributed by atoms with Crippen molar-refractivity contribution in [3.63, 3.8) is 0 Å². The minimum Gasteiger partial charge on any atom is -0.448 e. The summed E-state index contributed by atoms with van der Waals surface area (Å²) in [5, 5.41) is 14.4. The van der Waals surface area contributed by atoms with E-state index in [9.17, 15) is 9.59 Å². The average Bonchev–Trinajstić information content (AvgIpc) is 3.02. The van der Waals surface area contributed by atoms with Crippen LogP contribution in [0.25, 0.3) is 0 Å². The van der Waals surface area contributed by atoms with Crippen molar-refractivity contribution in [1.82, 2.24) is 10.3 Å². The molecular formula is C16H17N3O4. The van der Waals surface area contributed by atoms with E-state index in [1.54, 1.807) is 24.3 Å². The predicted molar refractivity (Wildman–Crippen MR) is 83.7 cm³/mol. The molecule has 0 atom stereocenters. The van der Waals surface area contributed by atoms with Gasteiger partial charge in [0.05, 0.1) is 6.61 Å². The highest BCUT2D eigenvalue weighted by Gasteiger charge is 2.09. The van der Waals surface area contributed by atoms with E-state index in [2.05, 4.69) is 22.2 Å². The molecule has 0 saturated heterocycles. The highest BCUT2D eigenvalue weighted by Crippen LogP contribution is 2.10. The van der Waals surface area contributed by atoms with Crippen molar-refractivity contribution >= 4 is 17.5 Å². The summed E-state index contributed by atoms with van der Waals surface area (Å²) >= 11 is 0. The molecule has 0 aliphatic heterocycles. The first kappa shape index (κ1) is 16.4. The maximum atomic E-state index is 12.0. The third-order valence-corrected chi connectivity index (χ3v) is 3.11. The first-order chi connectivity index (χ1) is 11.1. The van der Waals surface area contributed by atoms with E-state index in [-0.39, 0.29) is 18.4 Å². The molecule has 7 heteroatoms. The highest BCUT2D eigenvalue weighted by molar-refractivity contribution is 5.99. The first-order valence-electron chi connectivity index (χ1n) is 6.98. The lowest BCUT2D eigenvalue weighted by atomic mass is 10.2. The number of nitrogens with zero attached hydrogens (tertiary/aromatic N) is 1. The average molecular weight is 315 g/mol. The standard InChI is InChI=1S/C16H17N3O4/c1-2-15(21)19-12-5-3-11(4-6-12)16(22)17-8-7-14-13(9-20)18-10-23-14/h2-6,10,20H,1,7-9H2,(H,17,22)(H,19,21). The third kappa shape index (κ3) is 4.52. The van der Waals surface area contributed by atoms with Crippen LogP contribution in [0, 0.1) is 0 Å². The van der Waals surface area contributed by atoms with E-state index in [0.29, 0.717) is 35.7 Å². The zero-order valence-electron chi connectivity index (χ0n) is 12.4. The van der Waals surface area contributed by atoms with E-state index in [1.807, 2.05) is 0 Å². The number of aliphatic hydroxyl groups excluding tert-OH is 1. The smallest absolute Gasteiger partial charge is 0.251 e. The number of rotatable bonds is 7. The maximum absolute atomic E-state index is 12.0. The Kier molecular flexibility index (Phi) is 5.65.